The van der Waals surface area contributed by atoms with Crippen molar-refractivity contribution in [3.05, 3.63) is 62.7 Å². The minimum Gasteiger partial charge on any atom is -0.376 e. The van der Waals surface area contributed by atoms with Crippen LogP contribution in [0, 0.1) is 24.0 Å². The van der Waals surface area contributed by atoms with Gasteiger partial charge in [0.05, 0.1) is 11.5 Å². The summed E-state index contributed by atoms with van der Waals surface area (Å²) in [6.45, 7) is 3.89. The van der Waals surface area contributed by atoms with Crippen LogP contribution in [0.4, 0.5) is 17.1 Å². The van der Waals surface area contributed by atoms with Gasteiger partial charge in [0.25, 0.3) is 5.69 Å². The molecule has 2 rings (SSSR count). The Labute approximate surface area is 138 Å². The number of carbonyl (C=O) groups excluding carboxylic acids is 1. The number of carbonyl (C=O) groups is 1. The summed E-state index contributed by atoms with van der Waals surface area (Å²) in [4.78, 5) is 22.3. The van der Waals surface area contributed by atoms with Crippen LogP contribution < -0.4 is 10.6 Å². The molecular formula is C16H16ClN3O3. The highest BCUT2D eigenvalue weighted by molar-refractivity contribution is 6.32. The Kier molecular flexibility index (Phi) is 5.18. The fraction of sp³-hybridized carbons (Fsp3) is 0.188. The molecule has 0 radical (unpaired) electrons. The predicted molar refractivity (Wildman–Crippen MR) is 91.1 cm³/mol. The largest absolute Gasteiger partial charge is 0.376 e. The normalized spacial score (nSPS) is 10.2. The average Bonchev–Trinajstić information content (AvgIpc) is 2.51. The van der Waals surface area contributed by atoms with E-state index in [0.29, 0.717) is 5.69 Å². The molecule has 6 nitrogen and oxygen atoms in total. The molecule has 2 aromatic rings. The number of amides is 1. The number of halogens is 1. The van der Waals surface area contributed by atoms with Crippen molar-refractivity contribution in [3.8, 4) is 0 Å². The Hall–Kier alpha value is -2.60. The molecule has 0 aliphatic heterocycles. The molecule has 1 amide bonds. The van der Waals surface area contributed by atoms with E-state index >= 15 is 0 Å². The van der Waals surface area contributed by atoms with E-state index < -0.39 is 4.92 Å². The summed E-state index contributed by atoms with van der Waals surface area (Å²) < 4.78 is 0. The van der Waals surface area contributed by atoms with Crippen LogP contribution in [-0.4, -0.2) is 17.4 Å². The molecular weight excluding hydrogens is 318 g/mol. The van der Waals surface area contributed by atoms with Crippen molar-refractivity contribution in [2.75, 3.05) is 17.2 Å². The Morgan fingerprint density at radius 2 is 2.00 bits per heavy atom. The predicted octanol–water partition coefficient (Wildman–Crippen LogP) is 3.92. The van der Waals surface area contributed by atoms with Crippen molar-refractivity contribution in [3.63, 3.8) is 0 Å². The molecule has 0 aliphatic rings. The lowest BCUT2D eigenvalue weighted by Gasteiger charge is -2.11. The lowest BCUT2D eigenvalue weighted by Crippen LogP contribution is -2.22. The Bertz CT molecular complexity index is 762. The smallest absolute Gasteiger partial charge is 0.289 e. The van der Waals surface area contributed by atoms with Gasteiger partial charge in [0.1, 0.15) is 5.02 Å². The second kappa shape index (κ2) is 7.11. The number of hydrogen-bond donors (Lipinski definition) is 2. The van der Waals surface area contributed by atoms with Crippen molar-refractivity contribution in [2.24, 2.45) is 0 Å². The molecule has 0 aliphatic carbocycles. The maximum Gasteiger partial charge on any atom is 0.289 e. The summed E-state index contributed by atoms with van der Waals surface area (Å²) in [5.41, 5.74) is 3.09. The summed E-state index contributed by atoms with van der Waals surface area (Å²) in [6.07, 6.45) is 0. The molecule has 2 aromatic carbocycles. The monoisotopic (exact) mass is 333 g/mol. The maximum atomic E-state index is 12.0. The van der Waals surface area contributed by atoms with Gasteiger partial charge in [-0.15, -0.1) is 0 Å². The number of nitrogens with zero attached hydrogens (tertiary/aromatic N) is 1. The van der Waals surface area contributed by atoms with E-state index in [1.54, 1.807) is 6.07 Å². The van der Waals surface area contributed by atoms with Crippen molar-refractivity contribution in [1.82, 2.24) is 0 Å². The number of anilines is 2. The van der Waals surface area contributed by atoms with Crippen molar-refractivity contribution >= 4 is 34.6 Å². The molecule has 7 heteroatoms. The van der Waals surface area contributed by atoms with Crippen LogP contribution in [0.25, 0.3) is 0 Å². The molecule has 23 heavy (non-hydrogen) atoms. The number of rotatable bonds is 5. The third kappa shape index (κ3) is 4.20. The maximum absolute atomic E-state index is 12.0. The Morgan fingerprint density at radius 1 is 1.26 bits per heavy atom. The fourth-order valence-corrected chi connectivity index (χ4v) is 2.21. The molecule has 0 aromatic heterocycles. The van der Waals surface area contributed by atoms with Gasteiger partial charge >= 0.3 is 0 Å². The third-order valence-corrected chi connectivity index (χ3v) is 3.79. The molecule has 0 unspecified atom stereocenters. The molecule has 0 saturated heterocycles. The third-order valence-electron chi connectivity index (χ3n) is 3.47. The first-order valence-electron chi connectivity index (χ1n) is 6.92. The summed E-state index contributed by atoms with van der Waals surface area (Å²) in [6, 6.07) is 9.97. The molecule has 120 valence electrons. The minimum atomic E-state index is -0.566. The highest BCUT2D eigenvalue weighted by Crippen LogP contribution is 2.27. The van der Waals surface area contributed by atoms with E-state index in [4.69, 9.17) is 11.6 Å². The quantitative estimate of drug-likeness (QED) is 0.641. The standard InChI is InChI=1S/C16H16ClN3O3/c1-10-4-3-5-14(11(10)2)19-16(21)9-18-12-6-7-13(17)15(8-12)20(22)23/h3-8,18H,9H2,1-2H3,(H,19,21). The summed E-state index contributed by atoms with van der Waals surface area (Å²) in [5.74, 6) is -0.240. The first-order valence-corrected chi connectivity index (χ1v) is 7.30. The van der Waals surface area contributed by atoms with Crippen LogP contribution in [0.15, 0.2) is 36.4 Å². The molecule has 0 heterocycles. The summed E-state index contributed by atoms with van der Waals surface area (Å²) in [7, 11) is 0. The van der Waals surface area contributed by atoms with Gasteiger partial charge < -0.3 is 10.6 Å². The zero-order chi connectivity index (χ0) is 17.0. The second-order valence-corrected chi connectivity index (χ2v) is 5.48. The topological polar surface area (TPSA) is 84.3 Å². The number of aryl methyl sites for hydroxylation is 1. The van der Waals surface area contributed by atoms with Gasteiger partial charge in [0.2, 0.25) is 5.91 Å². The van der Waals surface area contributed by atoms with Crippen molar-refractivity contribution < 1.29 is 9.72 Å². The van der Waals surface area contributed by atoms with Gasteiger partial charge in [-0.1, -0.05) is 23.7 Å². The van der Waals surface area contributed by atoms with Gasteiger partial charge in [-0.05, 0) is 43.2 Å². The van der Waals surface area contributed by atoms with E-state index in [2.05, 4.69) is 10.6 Å². The second-order valence-electron chi connectivity index (χ2n) is 5.07. The van der Waals surface area contributed by atoms with Crippen LogP contribution in [0.2, 0.25) is 5.02 Å². The van der Waals surface area contributed by atoms with E-state index in [1.807, 2.05) is 32.0 Å². The number of nitro benzene ring substituents is 1. The van der Waals surface area contributed by atoms with Crippen LogP contribution >= 0.6 is 11.6 Å². The molecule has 0 fully saturated rings. The van der Waals surface area contributed by atoms with Gasteiger partial charge in [-0.2, -0.15) is 0 Å². The van der Waals surface area contributed by atoms with Gasteiger partial charge in [0, 0.05) is 17.4 Å². The van der Waals surface area contributed by atoms with Crippen LogP contribution in [0.3, 0.4) is 0 Å². The molecule has 0 bridgehead atoms. The minimum absolute atomic E-state index is 0.00777. The lowest BCUT2D eigenvalue weighted by molar-refractivity contribution is -0.384. The summed E-state index contributed by atoms with van der Waals surface area (Å²) in [5, 5.41) is 16.5. The van der Waals surface area contributed by atoms with Gasteiger partial charge in [-0.3, -0.25) is 14.9 Å². The van der Waals surface area contributed by atoms with E-state index in [-0.39, 0.29) is 23.2 Å². The van der Waals surface area contributed by atoms with Crippen molar-refractivity contribution in [1.29, 1.82) is 0 Å². The van der Waals surface area contributed by atoms with E-state index in [0.717, 1.165) is 16.8 Å². The highest BCUT2D eigenvalue weighted by Gasteiger charge is 2.13. The molecule has 2 N–H and O–H groups in total. The SMILES string of the molecule is Cc1cccc(NC(=O)CNc2ccc(Cl)c([N+](=O)[O-])c2)c1C. The number of nitrogens with one attached hydrogen (secondary N) is 2. The molecule has 0 atom stereocenters. The highest BCUT2D eigenvalue weighted by atomic mass is 35.5. The lowest BCUT2D eigenvalue weighted by atomic mass is 10.1. The fourth-order valence-electron chi connectivity index (χ4n) is 2.03. The van der Waals surface area contributed by atoms with Crippen LogP contribution in [-0.2, 0) is 4.79 Å². The van der Waals surface area contributed by atoms with Crippen molar-refractivity contribution in [2.45, 2.75) is 13.8 Å². The average molecular weight is 334 g/mol. The summed E-state index contributed by atoms with van der Waals surface area (Å²) >= 11 is 5.74. The number of hydrogen-bond acceptors (Lipinski definition) is 4. The first-order chi connectivity index (χ1) is 10.9. The van der Waals surface area contributed by atoms with Gasteiger partial charge in [0.15, 0.2) is 0 Å². The van der Waals surface area contributed by atoms with Gasteiger partial charge in [-0.25, -0.2) is 0 Å². The van der Waals surface area contributed by atoms with Crippen LogP contribution in [0.1, 0.15) is 11.1 Å². The molecule has 0 spiro atoms. The van der Waals surface area contributed by atoms with Crippen LogP contribution in [0.5, 0.6) is 0 Å². The number of benzene rings is 2. The molecule has 0 saturated carbocycles. The van der Waals surface area contributed by atoms with E-state index in [9.17, 15) is 14.9 Å². The first kappa shape index (κ1) is 16.8. The zero-order valence-electron chi connectivity index (χ0n) is 12.7. The number of nitro groups is 1. The van der Waals surface area contributed by atoms with E-state index in [1.165, 1.54) is 12.1 Å². The zero-order valence-corrected chi connectivity index (χ0v) is 13.5. The Balaban J connectivity index is 2.01. The Morgan fingerprint density at radius 3 is 2.70 bits per heavy atom.